The van der Waals surface area contributed by atoms with E-state index in [-0.39, 0.29) is 25.0 Å². The van der Waals surface area contributed by atoms with Crippen molar-refractivity contribution < 1.29 is 28.9 Å². The lowest BCUT2D eigenvalue weighted by Gasteiger charge is -2.40. The lowest BCUT2D eigenvalue weighted by Crippen LogP contribution is -2.51. The molecule has 3 aromatic rings. The molecule has 7 nitrogen and oxygen atoms in total. The van der Waals surface area contributed by atoms with Crippen molar-refractivity contribution in [2.45, 2.75) is 63.7 Å². The monoisotopic (exact) mass is 515 g/mol. The molecular weight excluding hydrogens is 482 g/mol. The minimum Gasteiger partial charge on any atom is -0.488 e. The van der Waals surface area contributed by atoms with E-state index in [1.165, 1.54) is 7.11 Å². The summed E-state index contributed by atoms with van der Waals surface area (Å²) in [6.45, 7) is 2.62. The van der Waals surface area contributed by atoms with Crippen LogP contribution in [-0.4, -0.2) is 47.2 Å². The number of aryl methyl sites for hydroxylation is 1. The van der Waals surface area contributed by atoms with Gasteiger partial charge < -0.3 is 24.2 Å². The lowest BCUT2D eigenvalue weighted by molar-refractivity contribution is -0.168. The first kappa shape index (κ1) is 25.9. The van der Waals surface area contributed by atoms with Crippen molar-refractivity contribution in [1.29, 1.82) is 0 Å². The molecule has 5 rings (SSSR count). The number of nitrogens with zero attached hydrogens (tertiary/aromatic N) is 1. The molecule has 2 unspecified atom stereocenters. The number of carbonyl (C=O) groups excluding carboxylic acids is 2. The number of fused-ring (bicyclic) bond motifs is 1. The number of amides is 1. The fraction of sp³-hybridized carbons (Fsp3) is 0.355. The second-order valence-corrected chi connectivity index (χ2v) is 10.0. The first-order valence-electron chi connectivity index (χ1n) is 13.0. The molecule has 2 aliphatic rings. The molecule has 1 saturated carbocycles. The minimum absolute atomic E-state index is 0.214. The van der Waals surface area contributed by atoms with Crippen molar-refractivity contribution in [3.63, 3.8) is 0 Å². The van der Waals surface area contributed by atoms with Gasteiger partial charge in [0, 0.05) is 18.5 Å². The first-order valence-corrected chi connectivity index (χ1v) is 13.0. The van der Waals surface area contributed by atoms with Crippen LogP contribution in [0.4, 0.5) is 0 Å². The zero-order valence-corrected chi connectivity index (χ0v) is 21.7. The summed E-state index contributed by atoms with van der Waals surface area (Å²) in [5.74, 6) is -0.0389. The Hall–Kier alpha value is -3.68. The maximum atomic E-state index is 14.1. The van der Waals surface area contributed by atoms with E-state index in [0.29, 0.717) is 25.0 Å². The third-order valence-electron chi connectivity index (χ3n) is 7.38. The highest BCUT2D eigenvalue weighted by Crippen LogP contribution is 2.37. The number of methoxy groups -OCH3 is 1. The fourth-order valence-electron chi connectivity index (χ4n) is 5.16. The molecule has 0 saturated heterocycles. The van der Waals surface area contributed by atoms with Gasteiger partial charge in [-0.3, -0.25) is 4.79 Å². The number of aliphatic hydroxyl groups excluding tert-OH is 1. The summed E-state index contributed by atoms with van der Waals surface area (Å²) in [5.41, 5.74) is 4.57. The molecule has 2 atom stereocenters. The molecule has 1 amide bonds. The summed E-state index contributed by atoms with van der Waals surface area (Å²) in [4.78, 5) is 28.7. The molecule has 1 fully saturated rings. The van der Waals surface area contributed by atoms with E-state index in [1.54, 1.807) is 4.90 Å². The number of hydrogen-bond acceptors (Lipinski definition) is 6. The summed E-state index contributed by atoms with van der Waals surface area (Å²) < 4.78 is 17.6. The highest BCUT2D eigenvalue weighted by molar-refractivity contribution is 5.88. The molecular formula is C31H33NO6. The van der Waals surface area contributed by atoms with Crippen LogP contribution in [0.25, 0.3) is 0 Å². The Morgan fingerprint density at radius 3 is 2.34 bits per heavy atom. The van der Waals surface area contributed by atoms with E-state index >= 15 is 0 Å². The van der Waals surface area contributed by atoms with Crippen LogP contribution in [0.2, 0.25) is 0 Å². The topological polar surface area (TPSA) is 85.3 Å². The highest BCUT2D eigenvalue weighted by atomic mass is 16.5. The Bertz CT molecular complexity index is 1270. The molecule has 1 N–H and O–H groups in total. The maximum absolute atomic E-state index is 14.1. The third kappa shape index (κ3) is 5.44. The van der Waals surface area contributed by atoms with Crippen molar-refractivity contribution in [2.75, 3.05) is 7.11 Å². The summed E-state index contributed by atoms with van der Waals surface area (Å²) in [6, 6.07) is 22.4. The number of aliphatic hydroxyl groups is 1. The summed E-state index contributed by atoms with van der Waals surface area (Å²) in [7, 11) is 1.34. The van der Waals surface area contributed by atoms with Crippen molar-refractivity contribution >= 4 is 11.9 Å². The molecule has 1 heterocycles. The zero-order chi connectivity index (χ0) is 26.6. The SMILES string of the molecule is COC(=O)C1Cc2c(ccc(C)c2OCc2ccccc2)CN1C(=O)C(OC1CC(O)C1)c1ccccc1. The average Bonchev–Trinajstić information content (AvgIpc) is 2.93. The molecule has 0 radical (unpaired) electrons. The Balaban J connectivity index is 1.45. The molecule has 1 aliphatic heterocycles. The van der Waals surface area contributed by atoms with Gasteiger partial charge in [-0.1, -0.05) is 72.8 Å². The van der Waals surface area contributed by atoms with Gasteiger partial charge in [0.05, 0.1) is 19.3 Å². The van der Waals surface area contributed by atoms with E-state index in [1.807, 2.05) is 79.7 Å². The average molecular weight is 516 g/mol. The van der Waals surface area contributed by atoms with E-state index in [4.69, 9.17) is 14.2 Å². The smallest absolute Gasteiger partial charge is 0.328 e. The van der Waals surface area contributed by atoms with Crippen molar-refractivity contribution in [3.8, 4) is 5.75 Å². The fourth-order valence-corrected chi connectivity index (χ4v) is 5.16. The highest BCUT2D eigenvalue weighted by Gasteiger charge is 2.42. The number of rotatable bonds is 8. The van der Waals surface area contributed by atoms with E-state index in [0.717, 1.165) is 28.0 Å². The second-order valence-electron chi connectivity index (χ2n) is 10.0. The van der Waals surface area contributed by atoms with Crippen LogP contribution in [0.1, 0.15) is 46.8 Å². The predicted molar refractivity (Wildman–Crippen MR) is 141 cm³/mol. The number of esters is 1. The maximum Gasteiger partial charge on any atom is 0.328 e. The first-order chi connectivity index (χ1) is 18.4. The van der Waals surface area contributed by atoms with Gasteiger partial charge in [0.1, 0.15) is 18.4 Å². The van der Waals surface area contributed by atoms with Crippen LogP contribution >= 0.6 is 0 Å². The van der Waals surface area contributed by atoms with Gasteiger partial charge >= 0.3 is 5.97 Å². The van der Waals surface area contributed by atoms with Crippen LogP contribution in [-0.2, 0) is 38.6 Å². The van der Waals surface area contributed by atoms with Gasteiger partial charge in [0.15, 0.2) is 6.10 Å². The van der Waals surface area contributed by atoms with Crippen molar-refractivity contribution in [3.05, 3.63) is 101 Å². The molecule has 3 aromatic carbocycles. The van der Waals surface area contributed by atoms with Crippen molar-refractivity contribution in [1.82, 2.24) is 4.90 Å². The molecule has 0 aromatic heterocycles. The van der Waals surface area contributed by atoms with Gasteiger partial charge in [-0.15, -0.1) is 0 Å². The number of benzene rings is 3. The van der Waals surface area contributed by atoms with E-state index < -0.39 is 24.2 Å². The quantitative estimate of drug-likeness (QED) is 0.451. The van der Waals surface area contributed by atoms with E-state index in [2.05, 4.69) is 0 Å². The Kier molecular flexibility index (Phi) is 7.77. The normalized spacial score (nSPS) is 21.1. The van der Waals surface area contributed by atoms with Gasteiger partial charge in [-0.2, -0.15) is 0 Å². The summed E-state index contributed by atoms with van der Waals surface area (Å²) in [6.07, 6.45) is -0.255. The number of ether oxygens (including phenoxy) is 3. The van der Waals surface area contributed by atoms with Crippen molar-refractivity contribution in [2.24, 2.45) is 0 Å². The Morgan fingerprint density at radius 2 is 1.68 bits per heavy atom. The van der Waals surface area contributed by atoms with Crippen LogP contribution in [0.15, 0.2) is 72.8 Å². The van der Waals surface area contributed by atoms with Crippen LogP contribution in [0.5, 0.6) is 5.75 Å². The summed E-state index contributed by atoms with van der Waals surface area (Å²) >= 11 is 0. The number of hydrogen-bond donors (Lipinski definition) is 1. The Labute approximate surface area is 222 Å². The zero-order valence-electron chi connectivity index (χ0n) is 21.7. The van der Waals surface area contributed by atoms with Gasteiger partial charge in [-0.25, -0.2) is 4.79 Å². The number of carbonyl (C=O) groups is 2. The molecule has 1 aliphatic carbocycles. The van der Waals surface area contributed by atoms with Gasteiger partial charge in [0.2, 0.25) is 0 Å². The third-order valence-corrected chi connectivity index (χ3v) is 7.38. The van der Waals surface area contributed by atoms with E-state index in [9.17, 15) is 14.7 Å². The standard InChI is InChI=1S/C31H33NO6/c1-20-13-14-23-18-32(30(34)29(22-11-7-4-8-12-22)38-25-15-24(33)16-25)27(31(35)36-2)17-26(23)28(20)37-19-21-9-5-3-6-10-21/h3-14,24-25,27,29,33H,15-19H2,1-2H3. The van der Waals surface area contributed by atoms with Gasteiger partial charge in [-0.05, 0) is 42.0 Å². The molecule has 38 heavy (non-hydrogen) atoms. The van der Waals surface area contributed by atoms with Crippen LogP contribution in [0, 0.1) is 6.92 Å². The predicted octanol–water partition coefficient (Wildman–Crippen LogP) is 4.28. The van der Waals surface area contributed by atoms with Crippen LogP contribution in [0.3, 0.4) is 0 Å². The molecule has 198 valence electrons. The molecule has 7 heteroatoms. The molecule has 0 bridgehead atoms. The lowest BCUT2D eigenvalue weighted by atomic mass is 9.90. The van der Waals surface area contributed by atoms with Gasteiger partial charge in [0.25, 0.3) is 5.91 Å². The Morgan fingerprint density at radius 1 is 1.00 bits per heavy atom. The largest absolute Gasteiger partial charge is 0.488 e. The minimum atomic E-state index is -0.887. The summed E-state index contributed by atoms with van der Waals surface area (Å²) in [5, 5.41) is 9.76. The van der Waals surface area contributed by atoms with Crippen LogP contribution < -0.4 is 4.74 Å². The molecule has 0 spiro atoms. The second kappa shape index (κ2) is 11.4.